The van der Waals surface area contributed by atoms with E-state index in [2.05, 4.69) is 28.2 Å². The molecule has 28 heavy (non-hydrogen) atoms. The van der Waals surface area contributed by atoms with Crippen LogP contribution < -0.4 is 11.1 Å². The Morgan fingerprint density at radius 1 is 1.21 bits per heavy atom. The fraction of sp³-hybridized carbons (Fsp3) is 0.455. The molecule has 1 heterocycles. The van der Waals surface area contributed by atoms with Gasteiger partial charge in [-0.05, 0) is 61.3 Å². The normalized spacial score (nSPS) is 20.6. The number of thiophene rings is 1. The number of primary amides is 1. The van der Waals surface area contributed by atoms with Crippen molar-refractivity contribution >= 4 is 44.1 Å². The van der Waals surface area contributed by atoms with Gasteiger partial charge >= 0.3 is 0 Å². The fourth-order valence-corrected chi connectivity index (χ4v) is 6.39. The van der Waals surface area contributed by atoms with Crippen molar-refractivity contribution in [3.8, 4) is 0 Å². The van der Waals surface area contributed by atoms with Crippen LogP contribution in [-0.2, 0) is 23.1 Å². The lowest BCUT2D eigenvalue weighted by atomic mass is 9.78. The molecule has 6 heteroatoms. The molecule has 2 amide bonds. The summed E-state index contributed by atoms with van der Waals surface area (Å²) in [6.45, 7) is 2.23. The minimum absolute atomic E-state index is 0.0125. The highest BCUT2D eigenvalue weighted by Crippen LogP contribution is 2.44. The highest BCUT2D eigenvalue weighted by atomic mass is 79.9. The van der Waals surface area contributed by atoms with Gasteiger partial charge in [-0.15, -0.1) is 11.3 Å². The number of carbonyl (C=O) groups is 2. The molecule has 3 N–H and O–H groups in total. The molecule has 0 bridgehead atoms. The summed E-state index contributed by atoms with van der Waals surface area (Å²) in [6.07, 6.45) is 6.59. The number of amides is 2. The highest BCUT2D eigenvalue weighted by molar-refractivity contribution is 9.10. The van der Waals surface area contributed by atoms with Crippen LogP contribution in [0.3, 0.4) is 0 Å². The average molecular weight is 461 g/mol. The van der Waals surface area contributed by atoms with Crippen molar-refractivity contribution < 1.29 is 9.59 Å². The van der Waals surface area contributed by atoms with E-state index in [1.165, 1.54) is 16.2 Å². The first-order valence-corrected chi connectivity index (χ1v) is 11.5. The summed E-state index contributed by atoms with van der Waals surface area (Å²) in [6, 6.07) is 8.04. The lowest BCUT2D eigenvalue weighted by Gasteiger charge is -2.28. The molecule has 1 saturated carbocycles. The van der Waals surface area contributed by atoms with E-state index in [0.29, 0.717) is 16.5 Å². The Morgan fingerprint density at radius 3 is 2.54 bits per heavy atom. The zero-order chi connectivity index (χ0) is 19.9. The van der Waals surface area contributed by atoms with Crippen LogP contribution in [0.4, 0.5) is 5.00 Å². The zero-order valence-corrected chi connectivity index (χ0v) is 18.4. The molecule has 1 fully saturated rings. The molecule has 148 valence electrons. The topological polar surface area (TPSA) is 72.2 Å². The van der Waals surface area contributed by atoms with Crippen molar-refractivity contribution in [2.75, 3.05) is 5.32 Å². The second-order valence-electron chi connectivity index (χ2n) is 8.17. The second kappa shape index (κ2) is 7.64. The predicted octanol–water partition coefficient (Wildman–Crippen LogP) is 5.18. The van der Waals surface area contributed by atoms with Crippen molar-refractivity contribution in [3.05, 3.63) is 50.3 Å². The zero-order valence-electron chi connectivity index (χ0n) is 16.0. The molecular formula is C22H25BrN2O2S. The van der Waals surface area contributed by atoms with Crippen molar-refractivity contribution in [1.29, 1.82) is 0 Å². The summed E-state index contributed by atoms with van der Waals surface area (Å²) in [5, 5.41) is 3.77. The molecule has 1 aromatic carbocycles. The number of anilines is 1. The molecule has 2 aliphatic carbocycles. The first-order valence-electron chi connectivity index (χ1n) is 9.92. The number of carbonyl (C=O) groups excluding carboxylic acids is 2. The lowest BCUT2D eigenvalue weighted by molar-refractivity contribution is -0.121. The molecule has 2 aliphatic rings. The van der Waals surface area contributed by atoms with Crippen LogP contribution in [0, 0.1) is 5.92 Å². The largest absolute Gasteiger partial charge is 0.365 e. The minimum Gasteiger partial charge on any atom is -0.365 e. The molecule has 4 rings (SSSR count). The Balaban J connectivity index is 1.69. The third-order valence-corrected chi connectivity index (χ3v) is 7.97. The van der Waals surface area contributed by atoms with E-state index in [0.717, 1.165) is 60.5 Å². The Bertz CT molecular complexity index is 913. The second-order valence-corrected chi connectivity index (χ2v) is 10.2. The van der Waals surface area contributed by atoms with Gasteiger partial charge in [-0.1, -0.05) is 47.8 Å². The summed E-state index contributed by atoms with van der Waals surface area (Å²) in [5.74, 6) is 0.146. The van der Waals surface area contributed by atoms with Crippen molar-refractivity contribution in [3.63, 3.8) is 0 Å². The maximum Gasteiger partial charge on any atom is 0.251 e. The van der Waals surface area contributed by atoms with Gasteiger partial charge in [0, 0.05) is 9.35 Å². The third kappa shape index (κ3) is 3.41. The van der Waals surface area contributed by atoms with Gasteiger partial charge in [-0.3, -0.25) is 9.59 Å². The molecule has 4 nitrogen and oxygen atoms in total. The molecule has 1 unspecified atom stereocenters. The van der Waals surface area contributed by atoms with Gasteiger partial charge in [0.15, 0.2) is 0 Å². The molecule has 2 aromatic rings. The minimum atomic E-state index is -0.534. The maximum absolute atomic E-state index is 13.5. The number of rotatable bonds is 4. The van der Waals surface area contributed by atoms with Crippen LogP contribution in [0.5, 0.6) is 0 Å². The lowest BCUT2D eigenvalue weighted by Crippen LogP contribution is -2.38. The quantitative estimate of drug-likeness (QED) is 0.658. The van der Waals surface area contributed by atoms with E-state index in [9.17, 15) is 9.59 Å². The number of benzene rings is 1. The van der Waals surface area contributed by atoms with Crippen molar-refractivity contribution in [1.82, 2.24) is 0 Å². The first kappa shape index (κ1) is 19.6. The highest BCUT2D eigenvalue weighted by Gasteiger charge is 2.43. The fourth-order valence-electron chi connectivity index (χ4n) is 4.72. The van der Waals surface area contributed by atoms with E-state index in [1.54, 1.807) is 0 Å². The SMILES string of the molecule is CC1CCc2c(sc(NC(=O)C3(c4ccc(Br)cc4)CCCC3)c2C(N)=O)C1. The molecule has 1 atom stereocenters. The number of hydrogen-bond donors (Lipinski definition) is 2. The van der Waals surface area contributed by atoms with E-state index in [4.69, 9.17) is 5.73 Å². The van der Waals surface area contributed by atoms with Crippen LogP contribution in [0.15, 0.2) is 28.7 Å². The van der Waals surface area contributed by atoms with E-state index >= 15 is 0 Å². The van der Waals surface area contributed by atoms with Crippen molar-refractivity contribution in [2.24, 2.45) is 11.7 Å². The number of nitrogens with one attached hydrogen (secondary N) is 1. The van der Waals surface area contributed by atoms with Gasteiger partial charge in [-0.25, -0.2) is 0 Å². The van der Waals surface area contributed by atoms with Crippen LogP contribution in [0.25, 0.3) is 0 Å². The number of hydrogen-bond acceptors (Lipinski definition) is 3. The Labute approximate surface area is 178 Å². The standard InChI is InChI=1S/C22H25BrN2O2S/c1-13-4-9-16-17(12-13)28-20(18(16)19(24)26)25-21(27)22(10-2-3-11-22)14-5-7-15(23)8-6-14/h5-8,13H,2-4,9-12H2,1H3,(H2,24,26)(H,25,27). The van der Waals surface area contributed by atoms with Crippen molar-refractivity contribution in [2.45, 2.75) is 57.3 Å². The monoisotopic (exact) mass is 460 g/mol. The summed E-state index contributed by atoms with van der Waals surface area (Å²) < 4.78 is 1.00. The van der Waals surface area contributed by atoms with E-state index < -0.39 is 11.3 Å². The molecular weight excluding hydrogens is 436 g/mol. The first-order chi connectivity index (χ1) is 13.4. The Hall–Kier alpha value is -1.66. The van der Waals surface area contributed by atoms with Crippen LogP contribution in [0.1, 0.15) is 65.4 Å². The molecule has 1 aromatic heterocycles. The van der Waals surface area contributed by atoms with Gasteiger partial charge in [0.2, 0.25) is 5.91 Å². The number of fused-ring (bicyclic) bond motifs is 1. The van der Waals surface area contributed by atoms with E-state index in [-0.39, 0.29) is 5.91 Å². The van der Waals surface area contributed by atoms with Gasteiger partial charge in [0.25, 0.3) is 5.91 Å². The van der Waals surface area contributed by atoms with E-state index in [1.807, 2.05) is 24.3 Å². The molecule has 0 aliphatic heterocycles. The van der Waals surface area contributed by atoms with Gasteiger partial charge in [0.1, 0.15) is 5.00 Å². The predicted molar refractivity (Wildman–Crippen MR) is 117 cm³/mol. The summed E-state index contributed by atoms with van der Waals surface area (Å²) >= 11 is 5.01. The Kier molecular flexibility index (Phi) is 5.36. The summed E-state index contributed by atoms with van der Waals surface area (Å²) in [5.41, 5.74) is 7.81. The number of nitrogens with two attached hydrogens (primary N) is 1. The Morgan fingerprint density at radius 2 is 1.89 bits per heavy atom. The average Bonchev–Trinajstić information content (AvgIpc) is 3.27. The van der Waals surface area contributed by atoms with Gasteiger partial charge < -0.3 is 11.1 Å². The number of halogens is 1. The van der Waals surface area contributed by atoms with Gasteiger partial charge in [0.05, 0.1) is 11.0 Å². The molecule has 0 spiro atoms. The van der Waals surface area contributed by atoms with Crippen LogP contribution in [-0.4, -0.2) is 11.8 Å². The third-order valence-electron chi connectivity index (χ3n) is 6.27. The molecule has 0 saturated heterocycles. The summed E-state index contributed by atoms with van der Waals surface area (Å²) in [7, 11) is 0. The summed E-state index contributed by atoms with van der Waals surface area (Å²) in [4.78, 5) is 26.9. The maximum atomic E-state index is 13.5. The van der Waals surface area contributed by atoms with Crippen LogP contribution in [0.2, 0.25) is 0 Å². The van der Waals surface area contributed by atoms with Crippen LogP contribution >= 0.6 is 27.3 Å². The molecule has 0 radical (unpaired) electrons. The van der Waals surface area contributed by atoms with Gasteiger partial charge in [-0.2, -0.15) is 0 Å². The smallest absolute Gasteiger partial charge is 0.251 e.